The lowest BCUT2D eigenvalue weighted by atomic mass is 9.98. The van der Waals surface area contributed by atoms with Crippen LogP contribution in [0.25, 0.3) is 0 Å². The van der Waals surface area contributed by atoms with Crippen molar-refractivity contribution in [3.05, 3.63) is 46.0 Å². The van der Waals surface area contributed by atoms with E-state index in [2.05, 4.69) is 44.5 Å². The Morgan fingerprint density at radius 2 is 2.18 bits per heavy atom. The third-order valence-electron chi connectivity index (χ3n) is 5.30. The van der Waals surface area contributed by atoms with Gasteiger partial charge in [0.1, 0.15) is 12.4 Å². The van der Waals surface area contributed by atoms with Crippen molar-refractivity contribution in [1.29, 1.82) is 0 Å². The molecule has 0 saturated heterocycles. The minimum atomic E-state index is -0.109. The molecule has 0 aliphatic heterocycles. The Bertz CT molecular complexity index is 803. The summed E-state index contributed by atoms with van der Waals surface area (Å²) in [6, 6.07) is 6.23. The average molecular weight is 449 g/mol. The lowest BCUT2D eigenvalue weighted by Gasteiger charge is -2.13. The monoisotopic (exact) mass is 448 g/mol. The zero-order valence-corrected chi connectivity index (χ0v) is 18.3. The molecule has 6 heteroatoms. The Labute approximate surface area is 175 Å². The van der Waals surface area contributed by atoms with E-state index in [-0.39, 0.29) is 11.9 Å². The maximum absolute atomic E-state index is 11.8. The van der Waals surface area contributed by atoms with Gasteiger partial charge in [-0.05, 0) is 71.3 Å². The van der Waals surface area contributed by atoms with Crippen LogP contribution in [0.5, 0.6) is 5.75 Å². The third kappa shape index (κ3) is 5.16. The molecule has 0 spiro atoms. The molecule has 0 bridgehead atoms. The normalized spacial score (nSPS) is 15.5. The molecule has 1 aromatic heterocycles. The molecule has 3 rings (SSSR count). The SMILES string of the molecule is CCCCCn1c(COc2ccc3c(c2)CCC3CC(=O)OCC)cnc1Br. The molecule has 28 heavy (non-hydrogen) atoms. The second-order valence-corrected chi connectivity index (χ2v) is 7.98. The molecule has 1 atom stereocenters. The number of benzene rings is 1. The van der Waals surface area contributed by atoms with Gasteiger partial charge in [-0.25, -0.2) is 4.98 Å². The van der Waals surface area contributed by atoms with Gasteiger partial charge in [0.25, 0.3) is 0 Å². The van der Waals surface area contributed by atoms with E-state index in [0.717, 1.165) is 42.0 Å². The zero-order chi connectivity index (χ0) is 19.9. The summed E-state index contributed by atoms with van der Waals surface area (Å²) >= 11 is 3.53. The number of aryl methyl sites for hydroxylation is 1. The quantitative estimate of drug-likeness (QED) is 0.360. The molecule has 0 N–H and O–H groups in total. The summed E-state index contributed by atoms with van der Waals surface area (Å²) in [5.74, 6) is 1.02. The number of carbonyl (C=O) groups is 1. The smallest absolute Gasteiger partial charge is 0.306 e. The van der Waals surface area contributed by atoms with E-state index in [9.17, 15) is 4.79 Å². The van der Waals surface area contributed by atoms with Gasteiger partial charge < -0.3 is 14.0 Å². The number of hydrogen-bond acceptors (Lipinski definition) is 4. The highest BCUT2D eigenvalue weighted by Gasteiger charge is 2.25. The summed E-state index contributed by atoms with van der Waals surface area (Å²) in [6.07, 6.45) is 7.86. The van der Waals surface area contributed by atoms with E-state index < -0.39 is 0 Å². The van der Waals surface area contributed by atoms with Crippen LogP contribution in [0.3, 0.4) is 0 Å². The topological polar surface area (TPSA) is 53.4 Å². The summed E-state index contributed by atoms with van der Waals surface area (Å²) in [5, 5.41) is 0. The Kier molecular flexibility index (Phi) is 7.54. The van der Waals surface area contributed by atoms with E-state index in [4.69, 9.17) is 9.47 Å². The van der Waals surface area contributed by atoms with E-state index in [1.54, 1.807) is 0 Å². The fraction of sp³-hybridized carbons (Fsp3) is 0.545. The number of imidazole rings is 1. The predicted octanol–water partition coefficient (Wildman–Crippen LogP) is 5.40. The number of nitrogens with zero attached hydrogens (tertiary/aromatic N) is 2. The Hall–Kier alpha value is -1.82. The van der Waals surface area contributed by atoms with Crippen molar-refractivity contribution in [2.45, 2.75) is 71.4 Å². The average Bonchev–Trinajstić information content (AvgIpc) is 3.24. The standard InChI is InChI=1S/C22H29BrN2O3/c1-3-5-6-11-25-18(14-24-22(25)23)15-28-19-9-10-20-16(12-19)7-8-17(20)13-21(26)27-4-2/h9-10,12,14,17H,3-8,11,13,15H2,1-2H3. The first-order valence-electron chi connectivity index (χ1n) is 10.2. The van der Waals surface area contributed by atoms with Crippen LogP contribution in [-0.4, -0.2) is 22.1 Å². The molecule has 0 fully saturated rings. The summed E-state index contributed by atoms with van der Waals surface area (Å²) in [7, 11) is 0. The molecule has 1 heterocycles. The molecule has 0 radical (unpaired) electrons. The first kappa shape index (κ1) is 20.9. The van der Waals surface area contributed by atoms with Gasteiger partial charge in [0, 0.05) is 6.54 Å². The van der Waals surface area contributed by atoms with E-state index in [1.165, 1.54) is 24.0 Å². The van der Waals surface area contributed by atoms with Gasteiger partial charge in [-0.3, -0.25) is 4.79 Å². The van der Waals surface area contributed by atoms with Crippen LogP contribution in [0.2, 0.25) is 0 Å². The lowest BCUT2D eigenvalue weighted by molar-refractivity contribution is -0.143. The van der Waals surface area contributed by atoms with Crippen LogP contribution in [0, 0.1) is 0 Å². The summed E-state index contributed by atoms with van der Waals surface area (Å²) < 4.78 is 14.2. The predicted molar refractivity (Wildman–Crippen MR) is 113 cm³/mol. The van der Waals surface area contributed by atoms with E-state index in [1.807, 2.05) is 19.2 Å². The Balaban J connectivity index is 1.61. The van der Waals surface area contributed by atoms with Gasteiger partial charge in [0.15, 0.2) is 4.73 Å². The second kappa shape index (κ2) is 10.1. The van der Waals surface area contributed by atoms with Gasteiger partial charge in [-0.2, -0.15) is 0 Å². The molecule has 152 valence electrons. The molecule has 1 aromatic carbocycles. The van der Waals surface area contributed by atoms with Crippen molar-refractivity contribution in [2.24, 2.45) is 0 Å². The maximum atomic E-state index is 11.8. The van der Waals surface area contributed by atoms with Crippen molar-refractivity contribution in [3.8, 4) is 5.75 Å². The maximum Gasteiger partial charge on any atom is 0.306 e. The molecule has 0 amide bonds. The number of halogens is 1. The molecule has 5 nitrogen and oxygen atoms in total. The molecule has 2 aromatic rings. The summed E-state index contributed by atoms with van der Waals surface area (Å²) in [5.41, 5.74) is 3.61. The number of hydrogen-bond donors (Lipinski definition) is 0. The molecular weight excluding hydrogens is 420 g/mol. The van der Waals surface area contributed by atoms with Crippen LogP contribution in [0.4, 0.5) is 0 Å². The highest BCUT2D eigenvalue weighted by Crippen LogP contribution is 2.37. The number of fused-ring (bicyclic) bond motifs is 1. The van der Waals surface area contributed by atoms with Crippen molar-refractivity contribution in [1.82, 2.24) is 9.55 Å². The Morgan fingerprint density at radius 1 is 1.32 bits per heavy atom. The number of esters is 1. The van der Waals surface area contributed by atoms with Gasteiger partial charge in [-0.15, -0.1) is 0 Å². The molecular formula is C22H29BrN2O3. The molecule has 0 saturated carbocycles. The van der Waals surface area contributed by atoms with Crippen molar-refractivity contribution < 1.29 is 14.3 Å². The first-order valence-corrected chi connectivity index (χ1v) is 11.0. The zero-order valence-electron chi connectivity index (χ0n) is 16.7. The second-order valence-electron chi connectivity index (χ2n) is 7.27. The van der Waals surface area contributed by atoms with Crippen LogP contribution < -0.4 is 4.74 Å². The van der Waals surface area contributed by atoms with E-state index >= 15 is 0 Å². The van der Waals surface area contributed by atoms with Gasteiger partial charge in [0.05, 0.1) is 24.9 Å². The number of ether oxygens (including phenoxy) is 2. The van der Waals surface area contributed by atoms with Crippen LogP contribution in [-0.2, 0) is 29.1 Å². The number of carbonyl (C=O) groups excluding carboxylic acids is 1. The molecule has 1 aliphatic rings. The van der Waals surface area contributed by atoms with Gasteiger partial charge in [-0.1, -0.05) is 25.8 Å². The summed E-state index contributed by atoms with van der Waals surface area (Å²) in [6.45, 7) is 5.94. The van der Waals surface area contributed by atoms with Crippen molar-refractivity contribution >= 4 is 21.9 Å². The third-order valence-corrected chi connectivity index (χ3v) is 5.93. The molecule has 1 unspecified atom stereocenters. The van der Waals surface area contributed by atoms with Crippen LogP contribution in [0.15, 0.2) is 29.1 Å². The highest BCUT2D eigenvalue weighted by molar-refractivity contribution is 9.10. The summed E-state index contributed by atoms with van der Waals surface area (Å²) in [4.78, 5) is 16.2. The lowest BCUT2D eigenvalue weighted by Crippen LogP contribution is -2.08. The highest BCUT2D eigenvalue weighted by atomic mass is 79.9. The van der Waals surface area contributed by atoms with Crippen LogP contribution >= 0.6 is 15.9 Å². The minimum Gasteiger partial charge on any atom is -0.487 e. The minimum absolute atomic E-state index is 0.109. The van der Waals surface area contributed by atoms with Crippen molar-refractivity contribution in [2.75, 3.05) is 6.61 Å². The first-order chi connectivity index (χ1) is 13.6. The number of aromatic nitrogens is 2. The van der Waals surface area contributed by atoms with E-state index in [0.29, 0.717) is 19.6 Å². The Morgan fingerprint density at radius 3 is 2.96 bits per heavy atom. The van der Waals surface area contributed by atoms with Crippen LogP contribution in [0.1, 0.15) is 68.7 Å². The van der Waals surface area contributed by atoms with Gasteiger partial charge in [0.2, 0.25) is 0 Å². The largest absolute Gasteiger partial charge is 0.487 e. The molecule has 1 aliphatic carbocycles. The van der Waals surface area contributed by atoms with Crippen molar-refractivity contribution in [3.63, 3.8) is 0 Å². The fourth-order valence-corrected chi connectivity index (χ4v) is 4.33. The number of unbranched alkanes of at least 4 members (excludes halogenated alkanes) is 2. The number of rotatable bonds is 10. The van der Waals surface area contributed by atoms with Gasteiger partial charge >= 0.3 is 5.97 Å². The fourth-order valence-electron chi connectivity index (χ4n) is 3.82.